The van der Waals surface area contributed by atoms with Gasteiger partial charge < -0.3 is 9.67 Å². The molecule has 0 radical (unpaired) electrons. The van der Waals surface area contributed by atoms with Crippen LogP contribution in [0.2, 0.25) is 0 Å². The SMILES string of the molecule is CCCCC(CC(=O)O)n1c(=O)c2c(ncn2C)n(C)c1=O. The number of hydrogen-bond acceptors (Lipinski definition) is 4. The number of hydrogen-bond donors (Lipinski definition) is 1. The van der Waals surface area contributed by atoms with Crippen LogP contribution in [0.25, 0.3) is 11.2 Å². The molecule has 0 aliphatic heterocycles. The standard InChI is InChI=1S/C14H20N4O4/c1-4-5-6-9(7-10(19)20)18-13(21)11-12(15-8-16(11)2)17(3)14(18)22/h8-9H,4-7H2,1-3H3,(H,19,20). The van der Waals surface area contributed by atoms with Crippen molar-refractivity contribution in [2.24, 2.45) is 14.1 Å². The minimum absolute atomic E-state index is 0.251. The van der Waals surface area contributed by atoms with E-state index in [0.29, 0.717) is 17.6 Å². The summed E-state index contributed by atoms with van der Waals surface area (Å²) in [6, 6.07) is -0.650. The number of aromatic nitrogens is 4. The van der Waals surface area contributed by atoms with Crippen LogP contribution in [0.5, 0.6) is 0 Å². The van der Waals surface area contributed by atoms with E-state index in [4.69, 9.17) is 5.11 Å². The van der Waals surface area contributed by atoms with Crippen LogP contribution < -0.4 is 11.2 Å². The molecular weight excluding hydrogens is 288 g/mol. The van der Waals surface area contributed by atoms with Crippen LogP contribution in [-0.4, -0.2) is 29.8 Å². The summed E-state index contributed by atoms with van der Waals surface area (Å²) >= 11 is 0. The second-order valence-electron chi connectivity index (χ2n) is 5.44. The zero-order chi connectivity index (χ0) is 16.4. The van der Waals surface area contributed by atoms with Crippen molar-refractivity contribution in [1.29, 1.82) is 0 Å². The fourth-order valence-electron chi connectivity index (χ4n) is 2.65. The lowest BCUT2D eigenvalue weighted by molar-refractivity contribution is -0.138. The lowest BCUT2D eigenvalue weighted by Gasteiger charge is -2.18. The van der Waals surface area contributed by atoms with Crippen LogP contribution in [-0.2, 0) is 18.9 Å². The van der Waals surface area contributed by atoms with E-state index in [-0.39, 0.29) is 6.42 Å². The zero-order valence-electron chi connectivity index (χ0n) is 12.9. The van der Waals surface area contributed by atoms with Crippen molar-refractivity contribution < 1.29 is 9.90 Å². The summed E-state index contributed by atoms with van der Waals surface area (Å²) in [6.45, 7) is 1.98. The maximum Gasteiger partial charge on any atom is 0.332 e. The number of aryl methyl sites for hydroxylation is 2. The van der Waals surface area contributed by atoms with Gasteiger partial charge in [0.25, 0.3) is 5.56 Å². The summed E-state index contributed by atoms with van der Waals surface area (Å²) in [4.78, 5) is 40.3. The summed E-state index contributed by atoms with van der Waals surface area (Å²) in [5, 5.41) is 9.08. The summed E-state index contributed by atoms with van der Waals surface area (Å²) in [6.07, 6.45) is 3.30. The van der Waals surface area contributed by atoms with Crippen molar-refractivity contribution in [3.8, 4) is 0 Å². The second-order valence-corrected chi connectivity index (χ2v) is 5.44. The highest BCUT2D eigenvalue weighted by molar-refractivity contribution is 5.70. The third kappa shape index (κ3) is 2.68. The molecule has 120 valence electrons. The van der Waals surface area contributed by atoms with E-state index in [2.05, 4.69) is 4.98 Å². The van der Waals surface area contributed by atoms with Gasteiger partial charge in [-0.3, -0.25) is 18.7 Å². The fourth-order valence-corrected chi connectivity index (χ4v) is 2.65. The average molecular weight is 308 g/mol. The molecule has 0 fully saturated rings. The first-order valence-corrected chi connectivity index (χ1v) is 7.22. The number of carbonyl (C=O) groups is 1. The third-order valence-electron chi connectivity index (χ3n) is 3.82. The Kier molecular flexibility index (Phi) is 4.48. The summed E-state index contributed by atoms with van der Waals surface area (Å²) < 4.78 is 3.90. The van der Waals surface area contributed by atoms with E-state index in [0.717, 1.165) is 17.4 Å². The molecule has 8 heteroatoms. The number of carboxylic acid groups (broad SMARTS) is 1. The first-order chi connectivity index (χ1) is 10.4. The molecule has 0 aromatic carbocycles. The molecule has 2 heterocycles. The number of unbranched alkanes of at least 4 members (excludes halogenated alkanes) is 1. The molecular formula is C14H20N4O4. The van der Waals surface area contributed by atoms with Crippen LogP contribution in [0.1, 0.15) is 38.6 Å². The maximum absolute atomic E-state index is 12.7. The van der Waals surface area contributed by atoms with E-state index in [1.54, 1.807) is 11.6 Å². The number of rotatable bonds is 6. The molecule has 8 nitrogen and oxygen atoms in total. The fraction of sp³-hybridized carbons (Fsp3) is 0.571. The second kappa shape index (κ2) is 6.17. The van der Waals surface area contributed by atoms with E-state index in [1.165, 1.54) is 17.9 Å². The maximum atomic E-state index is 12.7. The number of imidazole rings is 1. The van der Waals surface area contributed by atoms with Gasteiger partial charge in [0.05, 0.1) is 18.8 Å². The Labute approximate surface area is 126 Å². The van der Waals surface area contributed by atoms with Crippen molar-refractivity contribution in [3.05, 3.63) is 27.2 Å². The van der Waals surface area contributed by atoms with Gasteiger partial charge in [0.15, 0.2) is 11.2 Å². The quantitative estimate of drug-likeness (QED) is 0.844. The Hall–Kier alpha value is -2.38. The van der Waals surface area contributed by atoms with Crippen LogP contribution in [0.4, 0.5) is 0 Å². The Morgan fingerprint density at radius 1 is 1.36 bits per heavy atom. The predicted octanol–water partition coefficient (Wildman–Crippen LogP) is 0.640. The van der Waals surface area contributed by atoms with Gasteiger partial charge in [0.2, 0.25) is 0 Å². The van der Waals surface area contributed by atoms with Crippen LogP contribution in [0.15, 0.2) is 15.9 Å². The molecule has 0 saturated carbocycles. The first-order valence-electron chi connectivity index (χ1n) is 7.22. The minimum atomic E-state index is -1.03. The highest BCUT2D eigenvalue weighted by Crippen LogP contribution is 2.17. The van der Waals surface area contributed by atoms with Gasteiger partial charge in [0.1, 0.15) is 0 Å². The molecule has 2 aromatic heterocycles. The Morgan fingerprint density at radius 2 is 2.05 bits per heavy atom. The van der Waals surface area contributed by atoms with Crippen LogP contribution in [0, 0.1) is 0 Å². The molecule has 0 aliphatic carbocycles. The third-order valence-corrected chi connectivity index (χ3v) is 3.82. The molecule has 1 N–H and O–H groups in total. The van der Waals surface area contributed by atoms with Crippen LogP contribution >= 0.6 is 0 Å². The van der Waals surface area contributed by atoms with E-state index in [9.17, 15) is 14.4 Å². The first kappa shape index (κ1) is 16.0. The molecule has 0 aliphatic rings. The number of nitrogens with zero attached hydrogens (tertiary/aromatic N) is 4. The Balaban J connectivity index is 2.70. The van der Waals surface area contributed by atoms with Gasteiger partial charge in [-0.15, -0.1) is 0 Å². The lowest BCUT2D eigenvalue weighted by atomic mass is 10.1. The summed E-state index contributed by atoms with van der Waals surface area (Å²) in [5.74, 6) is -1.03. The number of aliphatic carboxylic acids is 1. The number of fused-ring (bicyclic) bond motifs is 1. The number of carboxylic acids is 1. The predicted molar refractivity (Wildman–Crippen MR) is 81.0 cm³/mol. The zero-order valence-corrected chi connectivity index (χ0v) is 12.9. The van der Waals surface area contributed by atoms with Crippen molar-refractivity contribution >= 4 is 17.1 Å². The molecule has 1 unspecified atom stereocenters. The van der Waals surface area contributed by atoms with Gasteiger partial charge >= 0.3 is 11.7 Å². The van der Waals surface area contributed by atoms with Gasteiger partial charge in [-0.25, -0.2) is 9.78 Å². The smallest absolute Gasteiger partial charge is 0.332 e. The van der Waals surface area contributed by atoms with Crippen molar-refractivity contribution in [1.82, 2.24) is 18.7 Å². The van der Waals surface area contributed by atoms with Gasteiger partial charge in [-0.2, -0.15) is 0 Å². The Morgan fingerprint density at radius 3 is 2.64 bits per heavy atom. The van der Waals surface area contributed by atoms with E-state index < -0.39 is 23.3 Å². The highest BCUT2D eigenvalue weighted by Gasteiger charge is 2.23. The van der Waals surface area contributed by atoms with Gasteiger partial charge in [-0.05, 0) is 6.42 Å². The van der Waals surface area contributed by atoms with E-state index in [1.807, 2.05) is 6.92 Å². The normalized spacial score (nSPS) is 12.7. The topological polar surface area (TPSA) is 99.1 Å². The monoisotopic (exact) mass is 308 g/mol. The Bertz CT molecular complexity index is 815. The molecule has 0 amide bonds. The molecule has 0 bridgehead atoms. The molecule has 2 aromatic rings. The van der Waals surface area contributed by atoms with Crippen molar-refractivity contribution in [3.63, 3.8) is 0 Å². The van der Waals surface area contributed by atoms with E-state index >= 15 is 0 Å². The molecule has 2 rings (SSSR count). The van der Waals surface area contributed by atoms with Crippen molar-refractivity contribution in [2.75, 3.05) is 0 Å². The molecule has 0 saturated heterocycles. The largest absolute Gasteiger partial charge is 0.481 e. The van der Waals surface area contributed by atoms with Crippen molar-refractivity contribution in [2.45, 2.75) is 38.6 Å². The average Bonchev–Trinajstić information content (AvgIpc) is 2.84. The minimum Gasteiger partial charge on any atom is -0.481 e. The van der Waals surface area contributed by atoms with Gasteiger partial charge in [0, 0.05) is 14.1 Å². The molecule has 22 heavy (non-hydrogen) atoms. The van der Waals surface area contributed by atoms with Gasteiger partial charge in [-0.1, -0.05) is 19.8 Å². The molecule has 0 spiro atoms. The highest BCUT2D eigenvalue weighted by atomic mass is 16.4. The summed E-state index contributed by atoms with van der Waals surface area (Å²) in [5.41, 5.74) is -0.411. The van der Waals surface area contributed by atoms with Crippen LogP contribution in [0.3, 0.4) is 0 Å². The lowest BCUT2D eigenvalue weighted by Crippen LogP contribution is -2.42. The summed E-state index contributed by atoms with van der Waals surface area (Å²) in [7, 11) is 3.20. The molecule has 1 atom stereocenters.